The summed E-state index contributed by atoms with van der Waals surface area (Å²) in [5.41, 5.74) is 5.78. The molecular weight excluding hydrogens is 355 g/mol. The number of nitrogens with two attached hydrogens (primary N) is 1. The van der Waals surface area contributed by atoms with Crippen LogP contribution in [0.3, 0.4) is 0 Å². The molecule has 0 aliphatic heterocycles. The zero-order valence-corrected chi connectivity index (χ0v) is 15.1. The lowest BCUT2D eigenvalue weighted by Gasteiger charge is -2.19. The lowest BCUT2D eigenvalue weighted by molar-refractivity contribution is -0.143. The molecule has 1 amide bonds. The predicted octanol–water partition coefficient (Wildman–Crippen LogP) is 1.08. The lowest BCUT2D eigenvalue weighted by atomic mass is 10.0. The minimum Gasteiger partial charge on any atom is -0.466 e. The van der Waals surface area contributed by atoms with Gasteiger partial charge in [0.15, 0.2) is 5.82 Å². The Kier molecular flexibility index (Phi) is 6.64. The summed E-state index contributed by atoms with van der Waals surface area (Å²) in [4.78, 5) is 40.1. The summed E-state index contributed by atoms with van der Waals surface area (Å²) in [6.45, 7) is 3.15. The molecular formula is C18H21FN4O4. The normalized spacial score (nSPS) is 11.7. The van der Waals surface area contributed by atoms with Crippen LogP contribution in [0.15, 0.2) is 35.3 Å². The van der Waals surface area contributed by atoms with E-state index in [0.29, 0.717) is 11.3 Å². The molecule has 0 aliphatic rings. The van der Waals surface area contributed by atoms with Crippen molar-refractivity contribution in [3.05, 3.63) is 57.9 Å². The summed E-state index contributed by atoms with van der Waals surface area (Å²) in [5.74, 6) is -1.79. The second-order valence-electron chi connectivity index (χ2n) is 5.86. The average molecular weight is 376 g/mol. The molecule has 1 aromatic heterocycles. The molecule has 3 N–H and O–H groups in total. The van der Waals surface area contributed by atoms with Gasteiger partial charge in [-0.25, -0.2) is 9.37 Å². The number of benzene rings is 1. The fraction of sp³-hybridized carbons (Fsp3) is 0.333. The Morgan fingerprint density at radius 2 is 2.15 bits per heavy atom. The number of aromatic nitrogens is 2. The number of rotatable bonds is 7. The van der Waals surface area contributed by atoms with Crippen molar-refractivity contribution in [1.82, 2.24) is 14.9 Å². The summed E-state index contributed by atoms with van der Waals surface area (Å²) in [6, 6.07) is 4.76. The largest absolute Gasteiger partial charge is 0.466 e. The van der Waals surface area contributed by atoms with E-state index < -0.39 is 29.3 Å². The van der Waals surface area contributed by atoms with Gasteiger partial charge in [-0.2, -0.15) is 0 Å². The van der Waals surface area contributed by atoms with Crippen LogP contribution in [-0.2, 0) is 20.9 Å². The molecule has 27 heavy (non-hydrogen) atoms. The topological polar surface area (TPSA) is 116 Å². The van der Waals surface area contributed by atoms with Gasteiger partial charge in [-0.3, -0.25) is 19.0 Å². The monoisotopic (exact) mass is 376 g/mol. The predicted molar refractivity (Wildman–Crippen MR) is 96.2 cm³/mol. The number of carbonyl (C=O) groups excluding carboxylic acids is 2. The first-order valence-corrected chi connectivity index (χ1v) is 8.34. The Labute approximate surface area is 155 Å². The zero-order chi connectivity index (χ0) is 20.0. The maximum Gasteiger partial charge on any atom is 0.308 e. The van der Waals surface area contributed by atoms with E-state index in [2.05, 4.69) is 10.3 Å². The van der Waals surface area contributed by atoms with E-state index in [1.165, 1.54) is 29.0 Å². The van der Waals surface area contributed by atoms with E-state index >= 15 is 0 Å². The number of amides is 1. The van der Waals surface area contributed by atoms with Crippen molar-refractivity contribution in [2.45, 2.75) is 32.9 Å². The summed E-state index contributed by atoms with van der Waals surface area (Å²) in [5, 5.41) is 2.64. The number of nitrogen functional groups attached to an aromatic ring is 1. The molecule has 9 heteroatoms. The molecule has 144 valence electrons. The highest BCUT2D eigenvalue weighted by Gasteiger charge is 2.20. The molecule has 1 unspecified atom stereocenters. The highest BCUT2D eigenvalue weighted by molar-refractivity contribution is 5.78. The number of hydrogen-bond donors (Lipinski definition) is 2. The van der Waals surface area contributed by atoms with Crippen LogP contribution >= 0.6 is 0 Å². The van der Waals surface area contributed by atoms with Crippen LogP contribution in [-0.4, -0.2) is 28.0 Å². The highest BCUT2D eigenvalue weighted by Crippen LogP contribution is 2.18. The summed E-state index contributed by atoms with van der Waals surface area (Å²) in [6.07, 6.45) is 1.21. The van der Waals surface area contributed by atoms with Gasteiger partial charge in [0.2, 0.25) is 5.91 Å². The first-order chi connectivity index (χ1) is 12.8. The second kappa shape index (κ2) is 8.93. The smallest absolute Gasteiger partial charge is 0.308 e. The second-order valence-corrected chi connectivity index (χ2v) is 5.86. The fourth-order valence-electron chi connectivity index (χ4n) is 2.53. The molecule has 1 aromatic carbocycles. The van der Waals surface area contributed by atoms with Gasteiger partial charge < -0.3 is 15.8 Å². The van der Waals surface area contributed by atoms with Gasteiger partial charge in [0, 0.05) is 11.9 Å². The number of hydrogen-bond acceptors (Lipinski definition) is 6. The number of esters is 1. The molecule has 0 radical (unpaired) electrons. The molecule has 0 aliphatic carbocycles. The van der Waals surface area contributed by atoms with Gasteiger partial charge >= 0.3 is 5.97 Å². The summed E-state index contributed by atoms with van der Waals surface area (Å²) < 4.78 is 19.6. The minimum atomic E-state index is -0.803. The standard InChI is InChI=1S/C18H21FN4O4/c1-3-27-16(25)8-14(12-5-4-6-13(19)7-12)22-15(24)10-23-11(2)9-21-17(20)18(23)26/h4-7,9,14H,3,8,10H2,1-2H3,(H2,20,21)(H,22,24). The number of nitrogens with zero attached hydrogens (tertiary/aromatic N) is 2. The zero-order valence-electron chi connectivity index (χ0n) is 15.1. The van der Waals surface area contributed by atoms with Crippen LogP contribution in [0.2, 0.25) is 0 Å². The fourth-order valence-corrected chi connectivity index (χ4v) is 2.53. The van der Waals surface area contributed by atoms with E-state index in [-0.39, 0.29) is 25.4 Å². The maximum absolute atomic E-state index is 13.6. The molecule has 2 aromatic rings. The molecule has 0 saturated carbocycles. The Balaban J connectivity index is 2.22. The molecule has 0 saturated heterocycles. The average Bonchev–Trinajstić information content (AvgIpc) is 2.61. The first-order valence-electron chi connectivity index (χ1n) is 8.34. The van der Waals surface area contributed by atoms with E-state index in [9.17, 15) is 18.8 Å². The van der Waals surface area contributed by atoms with Gasteiger partial charge in [0.25, 0.3) is 5.56 Å². The number of halogens is 1. The van der Waals surface area contributed by atoms with Crippen LogP contribution in [0, 0.1) is 12.7 Å². The molecule has 8 nitrogen and oxygen atoms in total. The van der Waals surface area contributed by atoms with Crippen LogP contribution in [0.1, 0.15) is 30.6 Å². The van der Waals surface area contributed by atoms with Crippen molar-refractivity contribution in [2.24, 2.45) is 0 Å². The maximum atomic E-state index is 13.6. The van der Waals surface area contributed by atoms with Crippen LogP contribution in [0.25, 0.3) is 0 Å². The third-order valence-electron chi connectivity index (χ3n) is 3.84. The van der Waals surface area contributed by atoms with E-state index in [1.807, 2.05) is 0 Å². The Morgan fingerprint density at radius 3 is 2.81 bits per heavy atom. The lowest BCUT2D eigenvalue weighted by Crippen LogP contribution is -2.37. The van der Waals surface area contributed by atoms with E-state index in [0.717, 1.165) is 0 Å². The number of ether oxygens (including phenoxy) is 1. The molecule has 0 bridgehead atoms. The minimum absolute atomic E-state index is 0.171. The third kappa shape index (κ3) is 5.37. The Hall–Kier alpha value is -3.23. The van der Waals surface area contributed by atoms with E-state index in [4.69, 9.17) is 10.5 Å². The van der Waals surface area contributed by atoms with E-state index in [1.54, 1.807) is 19.9 Å². The number of nitrogens with one attached hydrogen (secondary N) is 1. The van der Waals surface area contributed by atoms with Gasteiger partial charge in [-0.15, -0.1) is 0 Å². The van der Waals surface area contributed by atoms with Gasteiger partial charge in [-0.1, -0.05) is 12.1 Å². The first kappa shape index (κ1) is 20.1. The van der Waals surface area contributed by atoms with Crippen LogP contribution in [0.5, 0.6) is 0 Å². The SMILES string of the molecule is CCOC(=O)CC(NC(=O)Cn1c(C)cnc(N)c1=O)c1cccc(F)c1. The van der Waals surface area contributed by atoms with Gasteiger partial charge in [0.1, 0.15) is 12.4 Å². The van der Waals surface area contributed by atoms with Crippen molar-refractivity contribution in [2.75, 3.05) is 12.3 Å². The molecule has 0 fully saturated rings. The van der Waals surface area contributed by atoms with Crippen molar-refractivity contribution in [3.63, 3.8) is 0 Å². The Morgan fingerprint density at radius 1 is 1.41 bits per heavy atom. The van der Waals surface area contributed by atoms with Crippen molar-refractivity contribution in [3.8, 4) is 0 Å². The number of aryl methyl sites for hydroxylation is 1. The highest BCUT2D eigenvalue weighted by atomic mass is 19.1. The molecule has 0 spiro atoms. The summed E-state index contributed by atoms with van der Waals surface area (Å²) in [7, 11) is 0. The van der Waals surface area contributed by atoms with Crippen LogP contribution < -0.4 is 16.6 Å². The quantitative estimate of drug-likeness (QED) is 0.699. The number of anilines is 1. The third-order valence-corrected chi connectivity index (χ3v) is 3.84. The van der Waals surface area contributed by atoms with Gasteiger partial charge in [0.05, 0.1) is 19.1 Å². The molecule has 1 heterocycles. The molecule has 2 rings (SSSR count). The van der Waals surface area contributed by atoms with Crippen LogP contribution in [0.4, 0.5) is 10.2 Å². The van der Waals surface area contributed by atoms with Crippen molar-refractivity contribution in [1.29, 1.82) is 0 Å². The van der Waals surface area contributed by atoms with Gasteiger partial charge in [-0.05, 0) is 31.5 Å². The Bertz CT molecular complexity index is 897. The van der Waals surface area contributed by atoms with Crippen molar-refractivity contribution < 1.29 is 18.7 Å². The number of carbonyl (C=O) groups is 2. The molecule has 1 atom stereocenters. The summed E-state index contributed by atoms with van der Waals surface area (Å²) >= 11 is 0. The van der Waals surface area contributed by atoms with Crippen molar-refractivity contribution >= 4 is 17.7 Å².